The molecular weight excluding hydrogens is 260 g/mol. The van der Waals surface area contributed by atoms with Crippen LogP contribution in [0, 0.1) is 0 Å². The van der Waals surface area contributed by atoms with Crippen molar-refractivity contribution in [3.05, 3.63) is 35.7 Å². The van der Waals surface area contributed by atoms with Crippen molar-refractivity contribution in [3.63, 3.8) is 0 Å². The number of rotatable bonds is 6. The Labute approximate surface area is 117 Å². The third kappa shape index (κ3) is 3.48. The molecule has 102 valence electrons. The second kappa shape index (κ2) is 6.58. The molecule has 1 aromatic heterocycles. The molecule has 1 N–H and O–H groups in total. The zero-order chi connectivity index (χ0) is 13.7. The van der Waals surface area contributed by atoms with Gasteiger partial charge in [0, 0.05) is 24.9 Å². The number of hydrogen-bond acceptors (Lipinski definition) is 5. The minimum absolute atomic E-state index is 0.813. The average Bonchev–Trinajstić information content (AvgIpc) is 2.82. The molecule has 0 aliphatic heterocycles. The minimum atomic E-state index is 0.813. The van der Waals surface area contributed by atoms with Crippen LogP contribution in [0.1, 0.15) is 11.1 Å². The number of nitrogens with one attached hydrogen (secondary N) is 1. The topological polar surface area (TPSA) is 52.0 Å². The number of benzene rings is 1. The van der Waals surface area contributed by atoms with Gasteiger partial charge in [0.25, 0.3) is 0 Å². The summed E-state index contributed by atoms with van der Waals surface area (Å²) in [5.74, 6) is 1.72. The van der Waals surface area contributed by atoms with Gasteiger partial charge in [-0.25, -0.2) is 0 Å². The summed E-state index contributed by atoms with van der Waals surface area (Å²) < 4.78 is 7.31. The molecule has 0 atom stereocenters. The molecule has 0 radical (unpaired) electrons. The zero-order valence-corrected chi connectivity index (χ0v) is 12.2. The Morgan fingerprint density at radius 3 is 2.89 bits per heavy atom. The van der Waals surface area contributed by atoms with Crippen molar-refractivity contribution in [2.75, 3.05) is 14.2 Å². The molecule has 0 aliphatic carbocycles. The van der Waals surface area contributed by atoms with E-state index in [1.165, 1.54) is 11.1 Å². The van der Waals surface area contributed by atoms with Gasteiger partial charge >= 0.3 is 0 Å². The van der Waals surface area contributed by atoms with Crippen LogP contribution in [0.4, 0.5) is 0 Å². The first-order chi connectivity index (χ1) is 9.24. The van der Waals surface area contributed by atoms with Gasteiger partial charge in [-0.1, -0.05) is 17.8 Å². The Kier molecular flexibility index (Phi) is 4.81. The van der Waals surface area contributed by atoms with Gasteiger partial charge < -0.3 is 14.6 Å². The first-order valence-electron chi connectivity index (χ1n) is 6.01. The summed E-state index contributed by atoms with van der Waals surface area (Å²) in [5.41, 5.74) is 2.42. The highest BCUT2D eigenvalue weighted by Crippen LogP contribution is 2.27. The van der Waals surface area contributed by atoms with E-state index in [1.54, 1.807) is 25.2 Å². The van der Waals surface area contributed by atoms with Crippen molar-refractivity contribution in [2.45, 2.75) is 17.5 Å². The lowest BCUT2D eigenvalue weighted by atomic mass is 10.1. The summed E-state index contributed by atoms with van der Waals surface area (Å²) in [7, 11) is 5.58. The Balaban J connectivity index is 2.13. The van der Waals surface area contributed by atoms with Gasteiger partial charge in [0.1, 0.15) is 12.1 Å². The van der Waals surface area contributed by atoms with Crippen LogP contribution in [0.2, 0.25) is 0 Å². The van der Waals surface area contributed by atoms with Crippen LogP contribution < -0.4 is 10.1 Å². The quantitative estimate of drug-likeness (QED) is 0.817. The number of aromatic nitrogens is 3. The third-order valence-corrected chi connectivity index (χ3v) is 3.84. The third-order valence-electron chi connectivity index (χ3n) is 2.75. The molecule has 2 aromatic rings. The van der Waals surface area contributed by atoms with Crippen LogP contribution in [0.25, 0.3) is 0 Å². The molecule has 0 aliphatic rings. The van der Waals surface area contributed by atoms with Crippen molar-refractivity contribution in [3.8, 4) is 5.75 Å². The molecule has 1 heterocycles. The molecule has 1 aromatic carbocycles. The molecule has 5 nitrogen and oxygen atoms in total. The van der Waals surface area contributed by atoms with E-state index in [-0.39, 0.29) is 0 Å². The van der Waals surface area contributed by atoms with Gasteiger partial charge in [-0.15, -0.1) is 10.2 Å². The Hall–Kier alpha value is -1.53. The van der Waals surface area contributed by atoms with Crippen molar-refractivity contribution in [1.82, 2.24) is 20.1 Å². The smallest absolute Gasteiger partial charge is 0.191 e. The first-order valence-corrected chi connectivity index (χ1v) is 7.00. The fourth-order valence-corrected chi connectivity index (χ4v) is 2.67. The molecule has 19 heavy (non-hydrogen) atoms. The lowest BCUT2D eigenvalue weighted by Gasteiger charge is -2.10. The number of nitrogens with zero attached hydrogens (tertiary/aromatic N) is 3. The predicted molar refractivity (Wildman–Crippen MR) is 76.3 cm³/mol. The summed E-state index contributed by atoms with van der Waals surface area (Å²) in [4.78, 5) is 0. The van der Waals surface area contributed by atoms with Crippen molar-refractivity contribution < 1.29 is 4.74 Å². The number of methoxy groups -OCH3 is 1. The van der Waals surface area contributed by atoms with E-state index in [0.29, 0.717) is 0 Å². The van der Waals surface area contributed by atoms with E-state index in [4.69, 9.17) is 4.74 Å². The maximum atomic E-state index is 5.40. The second-order valence-corrected chi connectivity index (χ2v) is 5.13. The van der Waals surface area contributed by atoms with Crippen LogP contribution in [0.5, 0.6) is 5.75 Å². The molecule has 0 saturated carbocycles. The number of aryl methyl sites for hydroxylation is 1. The number of ether oxygens (including phenoxy) is 1. The van der Waals surface area contributed by atoms with E-state index in [1.807, 2.05) is 24.7 Å². The number of thioether (sulfide) groups is 1. The summed E-state index contributed by atoms with van der Waals surface area (Å²) in [6.07, 6.45) is 1.71. The van der Waals surface area contributed by atoms with Gasteiger partial charge in [0.15, 0.2) is 5.16 Å². The number of hydrogen-bond donors (Lipinski definition) is 1. The summed E-state index contributed by atoms with van der Waals surface area (Å²) >= 11 is 1.65. The molecule has 0 spiro atoms. The zero-order valence-electron chi connectivity index (χ0n) is 11.4. The second-order valence-electron chi connectivity index (χ2n) is 4.19. The molecule has 6 heteroatoms. The minimum Gasteiger partial charge on any atom is -0.496 e. The predicted octanol–water partition coefficient (Wildman–Crippen LogP) is 1.84. The van der Waals surface area contributed by atoms with Crippen molar-refractivity contribution >= 4 is 11.8 Å². The lowest BCUT2D eigenvalue weighted by Crippen LogP contribution is -2.05. The van der Waals surface area contributed by atoms with Crippen LogP contribution in [-0.2, 0) is 19.3 Å². The molecular formula is C13H18N4OS. The van der Waals surface area contributed by atoms with Gasteiger partial charge in [-0.2, -0.15) is 0 Å². The first kappa shape index (κ1) is 13.9. The van der Waals surface area contributed by atoms with E-state index in [2.05, 4.69) is 27.6 Å². The molecule has 0 fully saturated rings. The summed E-state index contributed by atoms with van der Waals surface area (Å²) in [6.45, 7) is 0.853. The molecule has 2 rings (SSSR count). The fraction of sp³-hybridized carbons (Fsp3) is 0.385. The highest BCUT2D eigenvalue weighted by Gasteiger charge is 2.08. The van der Waals surface area contributed by atoms with E-state index < -0.39 is 0 Å². The highest BCUT2D eigenvalue weighted by molar-refractivity contribution is 7.98. The Morgan fingerprint density at radius 1 is 1.42 bits per heavy atom. The lowest BCUT2D eigenvalue weighted by molar-refractivity contribution is 0.411. The fourth-order valence-electron chi connectivity index (χ4n) is 1.80. The summed E-state index contributed by atoms with van der Waals surface area (Å²) in [6, 6.07) is 6.25. The Bertz CT molecular complexity index is 541. The van der Waals surface area contributed by atoms with E-state index in [0.717, 1.165) is 23.2 Å². The molecule has 0 bridgehead atoms. The maximum absolute atomic E-state index is 5.40. The molecule has 0 amide bonds. The van der Waals surface area contributed by atoms with E-state index in [9.17, 15) is 0 Å². The Morgan fingerprint density at radius 2 is 2.26 bits per heavy atom. The SMILES string of the molecule is CNCc1ccc(OC)c(CSc2nncn2C)c1. The van der Waals surface area contributed by atoms with Gasteiger partial charge in [-0.05, 0) is 24.7 Å². The van der Waals surface area contributed by atoms with Gasteiger partial charge in [0.2, 0.25) is 0 Å². The summed E-state index contributed by atoms with van der Waals surface area (Å²) in [5, 5.41) is 12.0. The normalized spacial score (nSPS) is 10.7. The monoisotopic (exact) mass is 278 g/mol. The molecule has 0 saturated heterocycles. The van der Waals surface area contributed by atoms with Crippen molar-refractivity contribution in [1.29, 1.82) is 0 Å². The van der Waals surface area contributed by atoms with Crippen molar-refractivity contribution in [2.24, 2.45) is 7.05 Å². The standard InChI is InChI=1S/C13H18N4OS/c1-14-7-10-4-5-12(18-3)11(6-10)8-19-13-16-15-9-17(13)2/h4-6,9,14H,7-8H2,1-3H3. The van der Waals surface area contributed by atoms with Crippen LogP contribution in [0.3, 0.4) is 0 Å². The van der Waals surface area contributed by atoms with Crippen LogP contribution in [0.15, 0.2) is 29.7 Å². The van der Waals surface area contributed by atoms with Crippen LogP contribution in [-0.4, -0.2) is 28.9 Å². The van der Waals surface area contributed by atoms with Gasteiger partial charge in [-0.3, -0.25) is 0 Å². The van der Waals surface area contributed by atoms with Crippen LogP contribution >= 0.6 is 11.8 Å². The molecule has 0 unspecified atom stereocenters. The van der Waals surface area contributed by atoms with Gasteiger partial charge in [0.05, 0.1) is 7.11 Å². The maximum Gasteiger partial charge on any atom is 0.191 e. The largest absolute Gasteiger partial charge is 0.496 e. The van der Waals surface area contributed by atoms with E-state index >= 15 is 0 Å². The highest BCUT2D eigenvalue weighted by atomic mass is 32.2. The average molecular weight is 278 g/mol.